The molecular formula is C30H28O9. The number of rotatable bonds is 6. The Kier molecular flexibility index (Phi) is 7.47. The van der Waals surface area contributed by atoms with Gasteiger partial charge >= 0.3 is 17.9 Å². The van der Waals surface area contributed by atoms with Crippen LogP contribution in [-0.4, -0.2) is 65.4 Å². The van der Waals surface area contributed by atoms with E-state index >= 15 is 0 Å². The molecule has 0 radical (unpaired) electrons. The number of carbonyl (C=O) groups excluding carboxylic acids is 3. The van der Waals surface area contributed by atoms with Gasteiger partial charge in [-0.3, -0.25) is 0 Å². The third kappa shape index (κ3) is 5.70. The molecule has 2 aliphatic rings. The maximum Gasteiger partial charge on any atom is 0.338 e. The van der Waals surface area contributed by atoms with Gasteiger partial charge in [-0.25, -0.2) is 14.4 Å². The summed E-state index contributed by atoms with van der Waals surface area (Å²) in [5.74, 6) is -3.39. The normalized spacial score (nSPS) is 27.2. The van der Waals surface area contributed by atoms with Crippen LogP contribution in [0.2, 0.25) is 0 Å². The number of esters is 3. The van der Waals surface area contributed by atoms with Gasteiger partial charge in [-0.2, -0.15) is 0 Å². The van der Waals surface area contributed by atoms with Crippen LogP contribution in [0.3, 0.4) is 0 Å². The van der Waals surface area contributed by atoms with Crippen molar-refractivity contribution in [1.82, 2.24) is 0 Å². The first kappa shape index (κ1) is 26.6. The molecule has 1 N–H and O–H groups in total. The van der Waals surface area contributed by atoms with E-state index in [0.29, 0.717) is 0 Å². The molecule has 0 bridgehead atoms. The van der Waals surface area contributed by atoms with Gasteiger partial charge in [-0.05, 0) is 50.2 Å². The van der Waals surface area contributed by atoms with Crippen molar-refractivity contribution in [1.29, 1.82) is 0 Å². The molecule has 9 nitrogen and oxygen atoms in total. The minimum Gasteiger partial charge on any atom is -0.452 e. The van der Waals surface area contributed by atoms with Gasteiger partial charge in [-0.1, -0.05) is 54.6 Å². The largest absolute Gasteiger partial charge is 0.452 e. The van der Waals surface area contributed by atoms with Crippen molar-refractivity contribution in [2.24, 2.45) is 0 Å². The van der Waals surface area contributed by atoms with Crippen LogP contribution in [0.4, 0.5) is 0 Å². The second-order valence-corrected chi connectivity index (χ2v) is 9.76. The van der Waals surface area contributed by atoms with E-state index in [4.69, 9.17) is 23.7 Å². The van der Waals surface area contributed by atoms with Crippen molar-refractivity contribution in [3.05, 3.63) is 108 Å². The highest BCUT2D eigenvalue weighted by molar-refractivity contribution is 5.91. The molecular weight excluding hydrogens is 504 g/mol. The van der Waals surface area contributed by atoms with Gasteiger partial charge in [0.2, 0.25) is 0 Å². The molecule has 1 saturated carbocycles. The summed E-state index contributed by atoms with van der Waals surface area (Å²) in [4.78, 5) is 39.4. The molecule has 39 heavy (non-hydrogen) atoms. The number of hydrogen-bond donors (Lipinski definition) is 1. The minimum absolute atomic E-state index is 0.222. The van der Waals surface area contributed by atoms with Crippen LogP contribution in [0.15, 0.2) is 91.0 Å². The highest BCUT2D eigenvalue weighted by Crippen LogP contribution is 2.41. The van der Waals surface area contributed by atoms with Crippen LogP contribution in [0.5, 0.6) is 0 Å². The van der Waals surface area contributed by atoms with Crippen LogP contribution in [0.1, 0.15) is 44.9 Å². The number of benzene rings is 3. The van der Waals surface area contributed by atoms with Crippen molar-refractivity contribution < 1.29 is 43.2 Å². The smallest absolute Gasteiger partial charge is 0.338 e. The molecule has 1 heterocycles. The van der Waals surface area contributed by atoms with Crippen molar-refractivity contribution in [3.63, 3.8) is 0 Å². The van der Waals surface area contributed by atoms with E-state index in [9.17, 15) is 19.5 Å². The Morgan fingerprint density at radius 3 is 1.38 bits per heavy atom. The fourth-order valence-corrected chi connectivity index (χ4v) is 4.79. The Labute approximate surface area is 225 Å². The Balaban J connectivity index is 1.53. The maximum atomic E-state index is 13.2. The van der Waals surface area contributed by atoms with Gasteiger partial charge in [0.25, 0.3) is 0 Å². The van der Waals surface area contributed by atoms with Gasteiger partial charge in [-0.15, -0.1) is 0 Å². The molecule has 5 rings (SSSR count). The van der Waals surface area contributed by atoms with E-state index in [1.54, 1.807) is 105 Å². The Morgan fingerprint density at radius 2 is 0.949 bits per heavy atom. The standard InChI is InChI=1S/C30H28O9/c1-30(2)38-23-21(31)22(35-27(32)18-12-6-3-7-13-18)24(36-28(33)19-14-8-4-9-15-19)25(26(23)39-30)37-29(34)20-16-10-5-11-17-20/h3-17,21-26,31H,1-2H3/t21-,22-,23+,24-,25-,26-/m0/s1. The van der Waals surface area contributed by atoms with E-state index in [-0.39, 0.29) is 16.7 Å². The third-order valence-electron chi connectivity index (χ3n) is 6.57. The summed E-state index contributed by atoms with van der Waals surface area (Å²) in [7, 11) is 0. The summed E-state index contributed by atoms with van der Waals surface area (Å²) >= 11 is 0. The molecule has 0 spiro atoms. The van der Waals surface area contributed by atoms with Crippen LogP contribution >= 0.6 is 0 Å². The van der Waals surface area contributed by atoms with Crippen LogP contribution < -0.4 is 0 Å². The predicted octanol–water partition coefficient (Wildman–Crippen LogP) is 3.56. The number of carbonyl (C=O) groups is 3. The molecule has 202 valence electrons. The Hall–Kier alpha value is -4.05. The monoisotopic (exact) mass is 532 g/mol. The van der Waals surface area contributed by atoms with Gasteiger partial charge in [0, 0.05) is 0 Å². The predicted molar refractivity (Wildman–Crippen MR) is 137 cm³/mol. The molecule has 9 heteroatoms. The molecule has 0 aromatic heterocycles. The fraction of sp³-hybridized carbons (Fsp3) is 0.300. The first-order valence-corrected chi connectivity index (χ1v) is 12.6. The molecule has 1 aliphatic heterocycles. The van der Waals surface area contributed by atoms with Gasteiger partial charge < -0.3 is 28.8 Å². The fourth-order valence-electron chi connectivity index (χ4n) is 4.79. The third-order valence-corrected chi connectivity index (χ3v) is 6.57. The van der Waals surface area contributed by atoms with Gasteiger partial charge in [0.05, 0.1) is 16.7 Å². The SMILES string of the molecule is CC1(C)O[C@@H]2[C@@H](OC(=O)c3ccccc3)[C@@H](OC(=O)c3ccccc3)[C@@H](OC(=O)c3ccccc3)[C@H](O)[C@H]2O1. The minimum atomic E-state index is -1.47. The Morgan fingerprint density at radius 1 is 0.590 bits per heavy atom. The average Bonchev–Trinajstić information content (AvgIpc) is 3.29. The van der Waals surface area contributed by atoms with Crippen molar-refractivity contribution in [2.75, 3.05) is 0 Å². The number of aliphatic hydroxyl groups excluding tert-OH is 1. The Bertz CT molecular complexity index is 1310. The van der Waals surface area contributed by atoms with Crippen molar-refractivity contribution >= 4 is 17.9 Å². The molecule has 6 atom stereocenters. The maximum absolute atomic E-state index is 13.2. The first-order chi connectivity index (χ1) is 18.7. The van der Waals surface area contributed by atoms with E-state index in [1.165, 1.54) is 0 Å². The van der Waals surface area contributed by atoms with E-state index in [1.807, 2.05) is 0 Å². The summed E-state index contributed by atoms with van der Waals surface area (Å²) in [6.45, 7) is 3.29. The number of fused-ring (bicyclic) bond motifs is 1. The highest BCUT2D eigenvalue weighted by Gasteiger charge is 2.62. The van der Waals surface area contributed by atoms with E-state index in [2.05, 4.69) is 0 Å². The molecule has 3 aromatic rings. The van der Waals surface area contributed by atoms with Gasteiger partial charge in [0.15, 0.2) is 24.1 Å². The lowest BCUT2D eigenvalue weighted by molar-refractivity contribution is -0.194. The van der Waals surface area contributed by atoms with Crippen molar-refractivity contribution in [2.45, 2.75) is 56.3 Å². The average molecular weight is 533 g/mol. The quantitative estimate of drug-likeness (QED) is 0.376. The molecule has 3 aromatic carbocycles. The number of aliphatic hydroxyl groups is 1. The number of hydrogen-bond acceptors (Lipinski definition) is 9. The van der Waals surface area contributed by atoms with Crippen LogP contribution in [-0.2, 0) is 23.7 Å². The highest BCUT2D eigenvalue weighted by atomic mass is 16.8. The lowest BCUT2D eigenvalue weighted by Gasteiger charge is -2.43. The van der Waals surface area contributed by atoms with Crippen molar-refractivity contribution in [3.8, 4) is 0 Å². The number of ether oxygens (including phenoxy) is 5. The summed E-state index contributed by atoms with van der Waals surface area (Å²) in [6, 6.07) is 24.6. The zero-order valence-corrected chi connectivity index (χ0v) is 21.3. The summed E-state index contributed by atoms with van der Waals surface area (Å²) in [6.07, 6.45) is -7.69. The second kappa shape index (κ2) is 11.0. The topological polar surface area (TPSA) is 118 Å². The zero-order chi connectivity index (χ0) is 27.6. The lowest BCUT2D eigenvalue weighted by Crippen LogP contribution is -2.65. The molecule has 0 unspecified atom stereocenters. The molecule has 0 amide bonds. The van der Waals surface area contributed by atoms with Gasteiger partial charge in [0.1, 0.15) is 18.3 Å². The van der Waals surface area contributed by atoms with Crippen LogP contribution in [0.25, 0.3) is 0 Å². The first-order valence-electron chi connectivity index (χ1n) is 12.6. The lowest BCUT2D eigenvalue weighted by atomic mass is 9.84. The molecule has 1 saturated heterocycles. The van der Waals surface area contributed by atoms with E-state index in [0.717, 1.165) is 0 Å². The van der Waals surface area contributed by atoms with E-state index < -0.39 is 60.3 Å². The molecule has 1 aliphatic carbocycles. The molecule has 2 fully saturated rings. The van der Waals surface area contributed by atoms with Crippen LogP contribution in [0, 0.1) is 0 Å². The second-order valence-electron chi connectivity index (χ2n) is 9.76. The summed E-state index contributed by atoms with van der Waals surface area (Å²) in [5.41, 5.74) is 0.699. The zero-order valence-electron chi connectivity index (χ0n) is 21.3. The summed E-state index contributed by atoms with van der Waals surface area (Å²) < 4.78 is 29.4. The summed E-state index contributed by atoms with van der Waals surface area (Å²) in [5, 5.41) is 11.4.